The second-order valence-corrected chi connectivity index (χ2v) is 9.77. The van der Waals surface area contributed by atoms with E-state index >= 15 is 0 Å². The van der Waals surface area contributed by atoms with Gasteiger partial charge in [0.05, 0.1) is 17.2 Å². The maximum Gasteiger partial charge on any atom is 0.264 e. The zero-order valence-electron chi connectivity index (χ0n) is 17.1. The summed E-state index contributed by atoms with van der Waals surface area (Å²) in [6.45, 7) is 7.95. The monoisotopic (exact) mass is 482 g/mol. The summed E-state index contributed by atoms with van der Waals surface area (Å²) in [6, 6.07) is 12.9. The number of rotatable bonds is 9. The maximum atomic E-state index is 13.3. The summed E-state index contributed by atoms with van der Waals surface area (Å²) in [6.07, 6.45) is 0. The fraction of sp³-hybridized carbons (Fsp3) is 0.381. The summed E-state index contributed by atoms with van der Waals surface area (Å²) < 4.78 is 33.9. The van der Waals surface area contributed by atoms with E-state index in [1.54, 1.807) is 36.4 Å². The summed E-state index contributed by atoms with van der Waals surface area (Å²) in [5, 5.41) is 2.87. The Morgan fingerprint density at radius 1 is 1.07 bits per heavy atom. The lowest BCUT2D eigenvalue weighted by molar-refractivity contribution is -0.120. The zero-order chi connectivity index (χ0) is 21.6. The predicted molar refractivity (Wildman–Crippen MR) is 119 cm³/mol. The van der Waals surface area contributed by atoms with Crippen LogP contribution in [0.15, 0.2) is 57.9 Å². The highest BCUT2D eigenvalue weighted by Crippen LogP contribution is 2.26. The third-order valence-electron chi connectivity index (χ3n) is 4.51. The van der Waals surface area contributed by atoms with Crippen molar-refractivity contribution >= 4 is 37.5 Å². The largest absolute Gasteiger partial charge is 0.494 e. The minimum Gasteiger partial charge on any atom is -0.494 e. The fourth-order valence-electron chi connectivity index (χ4n) is 2.52. The third-order valence-corrected chi connectivity index (χ3v) is 6.83. The number of hydrogen-bond acceptors (Lipinski definition) is 4. The van der Waals surface area contributed by atoms with Crippen molar-refractivity contribution in [3.05, 3.63) is 53.0 Å². The van der Waals surface area contributed by atoms with Crippen molar-refractivity contribution in [2.24, 2.45) is 5.92 Å². The molecule has 2 aromatic carbocycles. The van der Waals surface area contributed by atoms with E-state index in [9.17, 15) is 13.2 Å². The van der Waals surface area contributed by atoms with Gasteiger partial charge < -0.3 is 10.1 Å². The number of nitrogens with one attached hydrogen (secondary N) is 1. The number of carbonyl (C=O) groups excluding carboxylic acids is 1. The molecule has 8 heteroatoms. The van der Waals surface area contributed by atoms with E-state index in [4.69, 9.17) is 4.74 Å². The highest BCUT2D eigenvalue weighted by Gasteiger charge is 2.28. The van der Waals surface area contributed by atoms with Crippen LogP contribution in [-0.4, -0.2) is 33.5 Å². The van der Waals surface area contributed by atoms with Crippen LogP contribution in [0.2, 0.25) is 0 Å². The standard InChI is InChI=1S/C21H27BrN2O4S/c1-5-28-19-10-8-18(9-11-19)24(14-21(25)23-16(4)15(2)3)29(26,27)20-12-6-17(22)7-13-20/h6-13,15-16H,5,14H2,1-4H3,(H,23,25)/t16-/m0/s1. The topological polar surface area (TPSA) is 75.7 Å². The summed E-state index contributed by atoms with van der Waals surface area (Å²) in [7, 11) is -3.94. The molecule has 0 aliphatic heterocycles. The highest BCUT2D eigenvalue weighted by molar-refractivity contribution is 9.10. The van der Waals surface area contributed by atoms with Crippen LogP contribution in [0, 0.1) is 5.92 Å². The Morgan fingerprint density at radius 3 is 2.17 bits per heavy atom. The van der Waals surface area contributed by atoms with Gasteiger partial charge in [-0.25, -0.2) is 8.42 Å². The molecule has 1 amide bonds. The van der Waals surface area contributed by atoms with E-state index in [0.29, 0.717) is 18.0 Å². The number of nitrogens with zero attached hydrogens (tertiary/aromatic N) is 1. The van der Waals surface area contributed by atoms with Crippen LogP contribution in [0.3, 0.4) is 0 Å². The molecule has 2 aromatic rings. The van der Waals surface area contributed by atoms with Crippen molar-refractivity contribution < 1.29 is 17.9 Å². The molecule has 0 spiro atoms. The molecule has 2 rings (SSSR count). The van der Waals surface area contributed by atoms with Crippen LogP contribution in [0.5, 0.6) is 5.75 Å². The molecular formula is C21H27BrN2O4S. The average Bonchev–Trinajstić information content (AvgIpc) is 2.67. The van der Waals surface area contributed by atoms with Crippen molar-refractivity contribution in [2.45, 2.75) is 38.6 Å². The van der Waals surface area contributed by atoms with Crippen LogP contribution in [0.25, 0.3) is 0 Å². The van der Waals surface area contributed by atoms with Crippen molar-refractivity contribution in [1.82, 2.24) is 5.32 Å². The average molecular weight is 483 g/mol. The lowest BCUT2D eigenvalue weighted by atomic mass is 10.1. The molecule has 0 heterocycles. The van der Waals surface area contributed by atoms with Gasteiger partial charge in [0.25, 0.3) is 10.0 Å². The highest BCUT2D eigenvalue weighted by atomic mass is 79.9. The van der Waals surface area contributed by atoms with E-state index in [1.165, 1.54) is 12.1 Å². The lowest BCUT2D eigenvalue weighted by Crippen LogP contribution is -2.45. The van der Waals surface area contributed by atoms with E-state index in [1.807, 2.05) is 27.7 Å². The van der Waals surface area contributed by atoms with Crippen LogP contribution < -0.4 is 14.4 Å². The van der Waals surface area contributed by atoms with Crippen molar-refractivity contribution in [2.75, 3.05) is 17.5 Å². The Balaban J connectivity index is 2.39. The van der Waals surface area contributed by atoms with Gasteiger partial charge in [-0.2, -0.15) is 0 Å². The number of amides is 1. The molecule has 0 saturated carbocycles. The molecule has 0 fully saturated rings. The Kier molecular flexibility index (Phi) is 8.10. The van der Waals surface area contributed by atoms with Gasteiger partial charge in [-0.15, -0.1) is 0 Å². The van der Waals surface area contributed by atoms with Gasteiger partial charge in [-0.05, 0) is 68.3 Å². The van der Waals surface area contributed by atoms with E-state index in [0.717, 1.165) is 8.78 Å². The number of carbonyl (C=O) groups is 1. The van der Waals surface area contributed by atoms with E-state index in [2.05, 4.69) is 21.2 Å². The van der Waals surface area contributed by atoms with Crippen LogP contribution in [-0.2, 0) is 14.8 Å². The second kappa shape index (κ2) is 10.1. The first-order valence-electron chi connectivity index (χ1n) is 9.45. The van der Waals surface area contributed by atoms with Gasteiger partial charge in [0, 0.05) is 10.5 Å². The number of sulfonamides is 1. The van der Waals surface area contributed by atoms with Crippen LogP contribution in [0.4, 0.5) is 5.69 Å². The first kappa shape index (κ1) is 23.2. The molecular weight excluding hydrogens is 456 g/mol. The number of ether oxygens (including phenoxy) is 1. The van der Waals surface area contributed by atoms with Gasteiger partial charge in [0.15, 0.2) is 0 Å². The Bertz CT molecular complexity index is 913. The quantitative estimate of drug-likeness (QED) is 0.580. The molecule has 0 aromatic heterocycles. The first-order valence-corrected chi connectivity index (χ1v) is 11.7. The summed E-state index contributed by atoms with van der Waals surface area (Å²) in [4.78, 5) is 12.7. The Hall–Kier alpha value is -2.06. The molecule has 1 atom stereocenters. The lowest BCUT2D eigenvalue weighted by Gasteiger charge is -2.26. The summed E-state index contributed by atoms with van der Waals surface area (Å²) in [5.41, 5.74) is 0.392. The zero-order valence-corrected chi connectivity index (χ0v) is 19.5. The normalized spacial score (nSPS) is 12.5. The van der Waals surface area contributed by atoms with Crippen molar-refractivity contribution in [3.63, 3.8) is 0 Å². The van der Waals surface area contributed by atoms with Crippen molar-refractivity contribution in [1.29, 1.82) is 0 Å². The molecule has 158 valence electrons. The molecule has 0 bridgehead atoms. The molecule has 0 saturated heterocycles. The van der Waals surface area contributed by atoms with Gasteiger partial charge in [-0.3, -0.25) is 9.10 Å². The molecule has 1 N–H and O–H groups in total. The minimum atomic E-state index is -3.94. The van der Waals surface area contributed by atoms with Crippen molar-refractivity contribution in [3.8, 4) is 5.75 Å². The van der Waals surface area contributed by atoms with Gasteiger partial charge in [-0.1, -0.05) is 29.8 Å². The summed E-state index contributed by atoms with van der Waals surface area (Å²) >= 11 is 3.31. The van der Waals surface area contributed by atoms with E-state index in [-0.39, 0.29) is 29.3 Å². The first-order chi connectivity index (χ1) is 13.6. The van der Waals surface area contributed by atoms with Gasteiger partial charge in [0.1, 0.15) is 12.3 Å². The fourth-order valence-corrected chi connectivity index (χ4v) is 4.21. The third kappa shape index (κ3) is 6.21. The molecule has 6 nitrogen and oxygen atoms in total. The number of anilines is 1. The van der Waals surface area contributed by atoms with E-state index < -0.39 is 10.0 Å². The maximum absolute atomic E-state index is 13.3. The van der Waals surface area contributed by atoms with Crippen LogP contribution >= 0.6 is 15.9 Å². The van der Waals surface area contributed by atoms with Gasteiger partial charge >= 0.3 is 0 Å². The Morgan fingerprint density at radius 2 is 1.66 bits per heavy atom. The molecule has 0 unspecified atom stereocenters. The SMILES string of the molecule is CCOc1ccc(N(CC(=O)N[C@@H](C)C(C)C)S(=O)(=O)c2ccc(Br)cc2)cc1. The second-order valence-electron chi connectivity index (χ2n) is 6.99. The van der Waals surface area contributed by atoms with Crippen LogP contribution in [0.1, 0.15) is 27.7 Å². The summed E-state index contributed by atoms with van der Waals surface area (Å²) in [5.74, 6) is 0.511. The smallest absolute Gasteiger partial charge is 0.264 e. The molecule has 0 aliphatic rings. The Labute approximate surface area is 181 Å². The molecule has 0 aliphatic carbocycles. The molecule has 0 radical (unpaired) electrons. The van der Waals surface area contributed by atoms with Gasteiger partial charge in [0.2, 0.25) is 5.91 Å². The number of hydrogen-bond donors (Lipinski definition) is 1. The number of benzene rings is 2. The predicted octanol–water partition coefficient (Wildman–Crippen LogP) is 4.20. The minimum absolute atomic E-state index is 0.0694. The molecule has 29 heavy (non-hydrogen) atoms. The number of halogens is 1.